The Morgan fingerprint density at radius 3 is 2.38 bits per heavy atom. The predicted molar refractivity (Wildman–Crippen MR) is 80.1 cm³/mol. The van der Waals surface area contributed by atoms with E-state index in [0.717, 1.165) is 5.69 Å². The molecule has 0 saturated heterocycles. The first-order valence-electron chi connectivity index (χ1n) is 6.94. The number of nitrogens with zero attached hydrogens (tertiary/aromatic N) is 1. The Bertz CT molecular complexity index is 503. The molecule has 118 valence electrons. The third-order valence-electron chi connectivity index (χ3n) is 2.60. The Balaban J connectivity index is 2.52. The molecule has 0 aromatic carbocycles. The maximum atomic E-state index is 12.0. The number of aromatic amines is 1. The quantitative estimate of drug-likeness (QED) is 0.794. The van der Waals surface area contributed by atoms with E-state index in [-0.39, 0.29) is 5.91 Å². The average Bonchev–Trinajstić information content (AvgIpc) is 2.74. The fourth-order valence-electron chi connectivity index (χ4n) is 1.48. The Morgan fingerprint density at radius 1 is 1.29 bits per heavy atom. The molecule has 0 radical (unpaired) electrons. The highest BCUT2D eigenvalue weighted by atomic mass is 16.6. The summed E-state index contributed by atoms with van der Waals surface area (Å²) in [5.74, 6) is 0.365. The van der Waals surface area contributed by atoms with Gasteiger partial charge in [0.05, 0.1) is 0 Å². The van der Waals surface area contributed by atoms with Crippen molar-refractivity contribution in [3.63, 3.8) is 0 Å². The molecule has 0 spiro atoms. The summed E-state index contributed by atoms with van der Waals surface area (Å²) in [4.78, 5) is 23.5. The van der Waals surface area contributed by atoms with Gasteiger partial charge in [-0.1, -0.05) is 13.8 Å². The third kappa shape index (κ3) is 5.85. The maximum Gasteiger partial charge on any atom is 0.408 e. The van der Waals surface area contributed by atoms with E-state index in [4.69, 9.17) is 4.74 Å². The summed E-state index contributed by atoms with van der Waals surface area (Å²) in [6.07, 6.45) is -0.630. The molecule has 1 aromatic heterocycles. The summed E-state index contributed by atoms with van der Waals surface area (Å²) in [7, 11) is 0. The summed E-state index contributed by atoms with van der Waals surface area (Å²) in [5.41, 5.74) is 0.326. The molecule has 1 atom stereocenters. The zero-order valence-corrected chi connectivity index (χ0v) is 13.4. The molecule has 0 aliphatic heterocycles. The minimum atomic E-state index is -0.723. The smallest absolute Gasteiger partial charge is 0.408 e. The van der Waals surface area contributed by atoms with Crippen LogP contribution in [0, 0.1) is 0 Å². The largest absolute Gasteiger partial charge is 0.444 e. The Labute approximate surface area is 124 Å². The van der Waals surface area contributed by atoms with Crippen LogP contribution >= 0.6 is 0 Å². The first kappa shape index (κ1) is 17.0. The van der Waals surface area contributed by atoms with Gasteiger partial charge in [0.15, 0.2) is 5.82 Å². The number of rotatable bonds is 4. The van der Waals surface area contributed by atoms with Gasteiger partial charge in [0.2, 0.25) is 5.91 Å². The van der Waals surface area contributed by atoms with E-state index < -0.39 is 17.7 Å². The number of H-pyrrole nitrogens is 1. The van der Waals surface area contributed by atoms with E-state index in [1.54, 1.807) is 33.8 Å². The van der Waals surface area contributed by atoms with E-state index in [9.17, 15) is 9.59 Å². The second kappa shape index (κ2) is 6.60. The van der Waals surface area contributed by atoms with Crippen molar-refractivity contribution in [1.29, 1.82) is 0 Å². The van der Waals surface area contributed by atoms with E-state index in [1.165, 1.54) is 0 Å². The lowest BCUT2D eigenvalue weighted by Crippen LogP contribution is -2.44. The summed E-state index contributed by atoms with van der Waals surface area (Å²) in [5, 5.41) is 12.0. The van der Waals surface area contributed by atoms with E-state index >= 15 is 0 Å². The van der Waals surface area contributed by atoms with Crippen molar-refractivity contribution in [3.05, 3.63) is 11.8 Å². The van der Waals surface area contributed by atoms with Crippen LogP contribution in [0.3, 0.4) is 0 Å². The number of amides is 2. The molecule has 1 aromatic rings. The van der Waals surface area contributed by atoms with Crippen LogP contribution in [0.15, 0.2) is 6.07 Å². The van der Waals surface area contributed by atoms with Crippen LogP contribution in [0.2, 0.25) is 0 Å². The maximum absolute atomic E-state index is 12.0. The lowest BCUT2D eigenvalue weighted by molar-refractivity contribution is -0.117. The van der Waals surface area contributed by atoms with Crippen molar-refractivity contribution in [1.82, 2.24) is 15.5 Å². The highest BCUT2D eigenvalue weighted by Crippen LogP contribution is 2.14. The second-order valence-electron chi connectivity index (χ2n) is 6.22. The number of hydrogen-bond acceptors (Lipinski definition) is 4. The molecule has 7 nitrogen and oxygen atoms in total. The van der Waals surface area contributed by atoms with Crippen LogP contribution in [0.5, 0.6) is 0 Å². The normalized spacial score (nSPS) is 12.9. The van der Waals surface area contributed by atoms with Gasteiger partial charge in [-0.3, -0.25) is 9.89 Å². The van der Waals surface area contributed by atoms with Gasteiger partial charge in [0, 0.05) is 11.8 Å². The number of anilines is 1. The lowest BCUT2D eigenvalue weighted by atomic mass is 10.1. The average molecular weight is 296 g/mol. The molecule has 2 amide bonds. The molecule has 7 heteroatoms. The zero-order chi connectivity index (χ0) is 16.2. The molecule has 0 aliphatic rings. The minimum absolute atomic E-state index is 0.292. The fourth-order valence-corrected chi connectivity index (χ4v) is 1.48. The summed E-state index contributed by atoms with van der Waals surface area (Å²) in [6, 6.07) is 1.04. The monoisotopic (exact) mass is 296 g/mol. The molecule has 0 bridgehead atoms. The van der Waals surface area contributed by atoms with Gasteiger partial charge in [-0.2, -0.15) is 5.10 Å². The van der Waals surface area contributed by atoms with Crippen LogP contribution in [-0.4, -0.2) is 33.8 Å². The highest BCUT2D eigenvalue weighted by molar-refractivity contribution is 5.95. The standard InChI is InChI=1S/C14H24N4O3/c1-8(2)10-7-11(18-17-10)16-12(19)9(3)15-13(20)21-14(4,5)6/h7-9H,1-6H3,(H,15,20)(H2,16,17,18,19)/t9-/m1/s1. The van der Waals surface area contributed by atoms with Crippen LogP contribution in [-0.2, 0) is 9.53 Å². The highest BCUT2D eigenvalue weighted by Gasteiger charge is 2.21. The van der Waals surface area contributed by atoms with Crippen molar-refractivity contribution in [2.24, 2.45) is 0 Å². The SMILES string of the molecule is CC(C)c1cc(NC(=O)[C@@H](C)NC(=O)OC(C)(C)C)n[nH]1. The van der Waals surface area contributed by atoms with Gasteiger partial charge in [-0.25, -0.2) is 4.79 Å². The number of hydrogen-bond donors (Lipinski definition) is 3. The molecule has 0 unspecified atom stereocenters. The van der Waals surface area contributed by atoms with Crippen molar-refractivity contribution in [2.75, 3.05) is 5.32 Å². The number of carbonyl (C=O) groups excluding carboxylic acids is 2. The third-order valence-corrected chi connectivity index (χ3v) is 2.60. The number of aromatic nitrogens is 2. The predicted octanol–water partition coefficient (Wildman–Crippen LogP) is 2.38. The molecular formula is C14H24N4O3. The van der Waals surface area contributed by atoms with Crippen LogP contribution in [0.4, 0.5) is 10.6 Å². The molecule has 0 fully saturated rings. The molecule has 3 N–H and O–H groups in total. The molecule has 21 heavy (non-hydrogen) atoms. The van der Waals surface area contributed by atoms with Crippen molar-refractivity contribution < 1.29 is 14.3 Å². The topological polar surface area (TPSA) is 96.1 Å². The Morgan fingerprint density at radius 2 is 1.90 bits per heavy atom. The van der Waals surface area contributed by atoms with Gasteiger partial charge in [-0.15, -0.1) is 0 Å². The van der Waals surface area contributed by atoms with Crippen molar-refractivity contribution in [2.45, 2.75) is 59.1 Å². The van der Waals surface area contributed by atoms with E-state index in [0.29, 0.717) is 11.7 Å². The number of alkyl carbamates (subject to hydrolysis) is 1. The second-order valence-corrected chi connectivity index (χ2v) is 6.22. The molecule has 0 aliphatic carbocycles. The lowest BCUT2D eigenvalue weighted by Gasteiger charge is -2.21. The van der Waals surface area contributed by atoms with Gasteiger partial charge in [0.1, 0.15) is 11.6 Å². The first-order chi connectivity index (χ1) is 9.58. The van der Waals surface area contributed by atoms with Crippen molar-refractivity contribution >= 4 is 17.8 Å². The molecule has 1 rings (SSSR count). The summed E-state index contributed by atoms with van der Waals surface area (Å²) < 4.78 is 5.09. The van der Waals surface area contributed by atoms with Gasteiger partial charge in [-0.05, 0) is 33.6 Å². The van der Waals surface area contributed by atoms with Crippen LogP contribution in [0.1, 0.15) is 53.2 Å². The van der Waals surface area contributed by atoms with E-state index in [2.05, 4.69) is 20.8 Å². The number of ether oxygens (including phenoxy) is 1. The minimum Gasteiger partial charge on any atom is -0.444 e. The van der Waals surface area contributed by atoms with Crippen molar-refractivity contribution in [3.8, 4) is 0 Å². The van der Waals surface area contributed by atoms with Gasteiger partial charge in [0.25, 0.3) is 0 Å². The Hall–Kier alpha value is -2.05. The van der Waals surface area contributed by atoms with Gasteiger partial charge < -0.3 is 15.4 Å². The van der Waals surface area contributed by atoms with Gasteiger partial charge >= 0.3 is 6.09 Å². The summed E-state index contributed by atoms with van der Waals surface area (Å²) in [6.45, 7) is 10.9. The first-order valence-corrected chi connectivity index (χ1v) is 6.94. The molecule has 0 saturated carbocycles. The Kier molecular flexibility index (Phi) is 5.34. The van der Waals surface area contributed by atoms with E-state index in [1.807, 2.05) is 13.8 Å². The zero-order valence-electron chi connectivity index (χ0n) is 13.4. The fraction of sp³-hybridized carbons (Fsp3) is 0.643. The summed E-state index contributed by atoms with van der Waals surface area (Å²) >= 11 is 0. The molecule has 1 heterocycles. The number of nitrogens with one attached hydrogen (secondary N) is 3. The van der Waals surface area contributed by atoms with Crippen LogP contribution < -0.4 is 10.6 Å². The molecular weight excluding hydrogens is 272 g/mol. The number of carbonyl (C=O) groups is 2. The van der Waals surface area contributed by atoms with Crippen LogP contribution in [0.25, 0.3) is 0 Å².